The molecule has 1 aliphatic heterocycles. The molecule has 0 aromatic heterocycles. The molecule has 5 N–H and O–H groups in total. The van der Waals surface area contributed by atoms with Crippen molar-refractivity contribution in [3.63, 3.8) is 0 Å². The molecule has 0 saturated carbocycles. The summed E-state index contributed by atoms with van der Waals surface area (Å²) in [7, 11) is 0. The summed E-state index contributed by atoms with van der Waals surface area (Å²) in [4.78, 5) is 12.4. The first-order valence-corrected chi connectivity index (χ1v) is 8.08. The van der Waals surface area contributed by atoms with Gasteiger partial charge in [-0.25, -0.2) is 0 Å². The summed E-state index contributed by atoms with van der Waals surface area (Å²) in [6.45, 7) is -0.550. The van der Waals surface area contributed by atoms with Crippen LogP contribution in [0.5, 0.6) is 0 Å². The highest BCUT2D eigenvalue weighted by atomic mass is 16.6. The first-order chi connectivity index (χ1) is 12.0. The number of hydrogen-bond acceptors (Lipinski definition) is 6. The van der Waals surface area contributed by atoms with E-state index in [-0.39, 0.29) is 6.42 Å². The first kappa shape index (κ1) is 17.8. The average molecular weight is 347 g/mol. The molecule has 2 aromatic rings. The van der Waals surface area contributed by atoms with E-state index in [0.717, 1.165) is 16.3 Å². The van der Waals surface area contributed by atoms with Crippen LogP contribution >= 0.6 is 0 Å². The normalized spacial score (nSPS) is 29.5. The Bertz CT molecular complexity index is 746. The Hall–Kier alpha value is -2.03. The molecule has 0 radical (unpaired) electrons. The van der Waals surface area contributed by atoms with Crippen LogP contribution in [0, 0.1) is 0 Å². The minimum absolute atomic E-state index is 0.0524. The van der Waals surface area contributed by atoms with Crippen LogP contribution in [-0.2, 0) is 16.0 Å². The van der Waals surface area contributed by atoms with Crippen molar-refractivity contribution < 1.29 is 30.0 Å². The molecular formula is C18H21NO6. The molecule has 3 rings (SSSR count). The Labute approximate surface area is 144 Å². The number of aliphatic hydroxyl groups is 4. The van der Waals surface area contributed by atoms with Gasteiger partial charge in [0.05, 0.1) is 13.0 Å². The maximum Gasteiger partial charge on any atom is 0.224 e. The van der Waals surface area contributed by atoms with Crippen molar-refractivity contribution in [3.8, 4) is 0 Å². The van der Waals surface area contributed by atoms with Crippen LogP contribution in [0.25, 0.3) is 10.8 Å². The maximum atomic E-state index is 12.4. The molecule has 0 bridgehead atoms. The number of amides is 1. The van der Waals surface area contributed by atoms with Gasteiger partial charge in [-0.15, -0.1) is 0 Å². The summed E-state index contributed by atoms with van der Waals surface area (Å²) in [5, 5.41) is 43.4. The van der Waals surface area contributed by atoms with Crippen molar-refractivity contribution in [3.05, 3.63) is 48.0 Å². The number of aliphatic hydroxyl groups excluding tert-OH is 4. The molecular weight excluding hydrogens is 326 g/mol. The van der Waals surface area contributed by atoms with E-state index < -0.39 is 43.2 Å². The fourth-order valence-corrected chi connectivity index (χ4v) is 3.11. The van der Waals surface area contributed by atoms with Crippen LogP contribution in [0.4, 0.5) is 0 Å². The van der Waals surface area contributed by atoms with Crippen molar-refractivity contribution >= 4 is 16.7 Å². The summed E-state index contributed by atoms with van der Waals surface area (Å²) >= 11 is 0. The molecule has 1 aliphatic rings. The Kier molecular flexibility index (Phi) is 5.31. The van der Waals surface area contributed by atoms with Gasteiger partial charge in [0.1, 0.15) is 24.4 Å². The molecule has 0 aliphatic carbocycles. The molecule has 7 nitrogen and oxygen atoms in total. The predicted octanol–water partition coefficient (Wildman–Crippen LogP) is -0.702. The van der Waals surface area contributed by atoms with Gasteiger partial charge in [0.15, 0.2) is 6.29 Å². The zero-order valence-corrected chi connectivity index (χ0v) is 13.4. The zero-order chi connectivity index (χ0) is 18.0. The number of hydrogen-bond donors (Lipinski definition) is 5. The summed E-state index contributed by atoms with van der Waals surface area (Å²) in [5.74, 6) is -0.419. The van der Waals surface area contributed by atoms with Crippen molar-refractivity contribution in [2.24, 2.45) is 0 Å². The van der Waals surface area contributed by atoms with Crippen LogP contribution in [0.1, 0.15) is 5.56 Å². The monoisotopic (exact) mass is 347 g/mol. The van der Waals surface area contributed by atoms with Crippen molar-refractivity contribution in [2.45, 2.75) is 37.1 Å². The summed E-state index contributed by atoms with van der Waals surface area (Å²) in [6, 6.07) is 12.1. The van der Waals surface area contributed by atoms with Gasteiger partial charge in [-0.1, -0.05) is 42.5 Å². The third-order valence-electron chi connectivity index (χ3n) is 4.46. The van der Waals surface area contributed by atoms with Crippen LogP contribution in [0.15, 0.2) is 42.5 Å². The summed E-state index contributed by atoms with van der Waals surface area (Å²) in [5.41, 5.74) is 0.810. The van der Waals surface area contributed by atoms with Crippen LogP contribution in [0.3, 0.4) is 0 Å². The average Bonchev–Trinajstić information content (AvgIpc) is 2.62. The lowest BCUT2D eigenvalue weighted by Crippen LogP contribution is -2.64. The quantitative estimate of drug-likeness (QED) is 0.499. The van der Waals surface area contributed by atoms with E-state index in [1.807, 2.05) is 42.5 Å². The van der Waals surface area contributed by atoms with Crippen LogP contribution < -0.4 is 5.32 Å². The Balaban J connectivity index is 1.72. The standard InChI is InChI=1S/C18H21NO6/c20-9-13-16(22)17(23)15(18(24)25-13)19-14(21)8-11-6-3-5-10-4-1-2-7-12(10)11/h1-7,13,15-18,20,22-24H,8-9H2,(H,19,21)/t13-,15?,16?,17-,18?/m1/s1. The molecule has 134 valence electrons. The first-order valence-electron chi connectivity index (χ1n) is 8.08. The summed E-state index contributed by atoms with van der Waals surface area (Å²) < 4.78 is 5.03. The maximum absolute atomic E-state index is 12.4. The molecule has 7 heteroatoms. The second kappa shape index (κ2) is 7.47. The van der Waals surface area contributed by atoms with E-state index in [0.29, 0.717) is 0 Å². The third kappa shape index (κ3) is 3.65. The van der Waals surface area contributed by atoms with E-state index in [4.69, 9.17) is 9.84 Å². The lowest BCUT2D eigenvalue weighted by atomic mass is 9.96. The molecule has 0 spiro atoms. The number of carbonyl (C=O) groups is 1. The molecule has 2 aromatic carbocycles. The molecule has 25 heavy (non-hydrogen) atoms. The van der Waals surface area contributed by atoms with Crippen molar-refractivity contribution in [1.29, 1.82) is 0 Å². The Morgan fingerprint density at radius 1 is 1.04 bits per heavy atom. The topological polar surface area (TPSA) is 119 Å². The van der Waals surface area contributed by atoms with E-state index in [1.54, 1.807) is 0 Å². The van der Waals surface area contributed by atoms with Gasteiger partial charge in [0.25, 0.3) is 0 Å². The van der Waals surface area contributed by atoms with E-state index in [2.05, 4.69) is 5.32 Å². The number of nitrogens with one attached hydrogen (secondary N) is 1. The van der Waals surface area contributed by atoms with Crippen molar-refractivity contribution in [2.75, 3.05) is 6.61 Å². The lowest BCUT2D eigenvalue weighted by Gasteiger charge is -2.40. The number of rotatable bonds is 4. The highest BCUT2D eigenvalue weighted by molar-refractivity contribution is 5.90. The van der Waals surface area contributed by atoms with Crippen LogP contribution in [-0.4, -0.2) is 63.6 Å². The van der Waals surface area contributed by atoms with Gasteiger partial charge in [0, 0.05) is 0 Å². The second-order valence-corrected chi connectivity index (χ2v) is 6.14. The molecule has 5 atom stereocenters. The predicted molar refractivity (Wildman–Crippen MR) is 89.6 cm³/mol. The van der Waals surface area contributed by atoms with E-state index in [9.17, 15) is 20.1 Å². The smallest absolute Gasteiger partial charge is 0.224 e. The number of fused-ring (bicyclic) bond motifs is 1. The molecule has 1 fully saturated rings. The highest BCUT2D eigenvalue weighted by Gasteiger charge is 2.44. The van der Waals surface area contributed by atoms with Crippen molar-refractivity contribution in [1.82, 2.24) is 5.32 Å². The van der Waals surface area contributed by atoms with Gasteiger partial charge in [-0.05, 0) is 16.3 Å². The fourth-order valence-electron chi connectivity index (χ4n) is 3.11. The van der Waals surface area contributed by atoms with Gasteiger partial charge in [-0.2, -0.15) is 0 Å². The molecule has 1 saturated heterocycles. The van der Waals surface area contributed by atoms with Gasteiger partial charge in [-0.3, -0.25) is 4.79 Å². The minimum Gasteiger partial charge on any atom is -0.394 e. The molecule has 3 unspecified atom stereocenters. The zero-order valence-electron chi connectivity index (χ0n) is 13.4. The number of benzene rings is 2. The van der Waals surface area contributed by atoms with Gasteiger partial charge < -0.3 is 30.5 Å². The number of carbonyl (C=O) groups excluding carboxylic acids is 1. The minimum atomic E-state index is -1.52. The Morgan fingerprint density at radius 2 is 1.76 bits per heavy atom. The summed E-state index contributed by atoms with van der Waals surface area (Å²) in [6.07, 6.45) is -5.42. The fraction of sp³-hybridized carbons (Fsp3) is 0.389. The van der Waals surface area contributed by atoms with Crippen LogP contribution in [0.2, 0.25) is 0 Å². The molecule has 1 heterocycles. The lowest BCUT2D eigenvalue weighted by molar-refractivity contribution is -0.253. The second-order valence-electron chi connectivity index (χ2n) is 6.14. The SMILES string of the molecule is O=C(Cc1cccc2ccccc12)NC1C(O)O[C@H](CO)C(O)[C@@H]1O. The molecule has 1 amide bonds. The van der Waals surface area contributed by atoms with Gasteiger partial charge >= 0.3 is 0 Å². The highest BCUT2D eigenvalue weighted by Crippen LogP contribution is 2.21. The third-order valence-corrected chi connectivity index (χ3v) is 4.46. The Morgan fingerprint density at radius 3 is 2.52 bits per heavy atom. The van der Waals surface area contributed by atoms with E-state index in [1.165, 1.54) is 0 Å². The van der Waals surface area contributed by atoms with E-state index >= 15 is 0 Å². The van der Waals surface area contributed by atoms with Gasteiger partial charge in [0.2, 0.25) is 5.91 Å². The largest absolute Gasteiger partial charge is 0.394 e. The number of ether oxygens (including phenoxy) is 1.